The zero-order valence-corrected chi connectivity index (χ0v) is 17.7. The van der Waals surface area contributed by atoms with Crippen molar-refractivity contribution in [3.63, 3.8) is 0 Å². The number of carbonyl (C=O) groups excluding carboxylic acids is 1. The second kappa shape index (κ2) is 8.07. The number of fused-ring (bicyclic) bond motifs is 3. The number of rotatable bonds is 5. The number of carbonyl (C=O) groups is 1. The van der Waals surface area contributed by atoms with Gasteiger partial charge in [0.25, 0.3) is 5.91 Å². The number of aryl methyl sites for hydroxylation is 1. The molecule has 0 N–H and O–H groups in total. The number of methoxy groups -OCH3 is 1. The fraction of sp³-hybridized carbons (Fsp3) is 0.391. The van der Waals surface area contributed by atoms with E-state index in [1.165, 1.54) is 12.1 Å². The predicted molar refractivity (Wildman–Crippen MR) is 112 cm³/mol. The van der Waals surface area contributed by atoms with Gasteiger partial charge >= 0.3 is 0 Å². The minimum absolute atomic E-state index is 0.0684. The van der Waals surface area contributed by atoms with Crippen molar-refractivity contribution in [3.8, 4) is 5.75 Å². The van der Waals surface area contributed by atoms with Gasteiger partial charge in [0.2, 0.25) is 0 Å². The fourth-order valence-corrected chi connectivity index (χ4v) is 4.07. The lowest BCUT2D eigenvalue weighted by molar-refractivity contribution is 0.0823. The first-order chi connectivity index (χ1) is 14.4. The molecule has 6 nitrogen and oxygen atoms in total. The Bertz CT molecular complexity index is 1090. The summed E-state index contributed by atoms with van der Waals surface area (Å²) in [4.78, 5) is 19.2. The molecule has 30 heavy (non-hydrogen) atoms. The van der Waals surface area contributed by atoms with Gasteiger partial charge in [0.15, 0.2) is 0 Å². The Morgan fingerprint density at radius 1 is 1.33 bits per heavy atom. The summed E-state index contributed by atoms with van der Waals surface area (Å²) in [5.74, 6) is 1.19. The Balaban J connectivity index is 1.88. The number of benzene rings is 2. The van der Waals surface area contributed by atoms with Crippen molar-refractivity contribution in [3.05, 3.63) is 58.7 Å². The molecule has 1 amide bonds. The molecule has 1 aliphatic heterocycles. The molecule has 2 aromatic carbocycles. The highest BCUT2D eigenvalue weighted by Gasteiger charge is 2.30. The summed E-state index contributed by atoms with van der Waals surface area (Å²) in [6.07, 6.45) is 1.19. The predicted octanol–water partition coefficient (Wildman–Crippen LogP) is 3.90. The number of ether oxygens (including phenoxy) is 2. The Morgan fingerprint density at radius 2 is 2.07 bits per heavy atom. The molecule has 1 aromatic heterocycles. The first kappa shape index (κ1) is 20.3. The quantitative estimate of drug-likeness (QED) is 0.639. The van der Waals surface area contributed by atoms with Crippen LogP contribution in [0.3, 0.4) is 0 Å². The molecule has 1 unspecified atom stereocenters. The summed E-state index contributed by atoms with van der Waals surface area (Å²) in [6.45, 7) is 3.12. The van der Waals surface area contributed by atoms with Crippen LogP contribution in [0.5, 0.6) is 5.75 Å². The van der Waals surface area contributed by atoms with E-state index in [9.17, 15) is 9.18 Å². The second-order valence-corrected chi connectivity index (χ2v) is 7.80. The van der Waals surface area contributed by atoms with Gasteiger partial charge in [0.1, 0.15) is 29.0 Å². The molecular formula is C23H26FN3O3. The monoisotopic (exact) mass is 411 g/mol. The smallest absolute Gasteiger partial charge is 0.253 e. The summed E-state index contributed by atoms with van der Waals surface area (Å²) in [5.41, 5.74) is 4.04. The zero-order valence-electron chi connectivity index (χ0n) is 17.7. The Labute approximate surface area is 175 Å². The summed E-state index contributed by atoms with van der Waals surface area (Å²) >= 11 is 0. The molecule has 0 saturated carbocycles. The van der Waals surface area contributed by atoms with Crippen LogP contribution in [0.25, 0.3) is 11.0 Å². The van der Waals surface area contributed by atoms with E-state index in [0.29, 0.717) is 37.3 Å². The Morgan fingerprint density at radius 3 is 2.73 bits per heavy atom. The van der Waals surface area contributed by atoms with Crippen molar-refractivity contribution in [2.45, 2.75) is 32.4 Å². The van der Waals surface area contributed by atoms with E-state index in [1.807, 2.05) is 13.0 Å². The van der Waals surface area contributed by atoms with Crippen LogP contribution in [-0.4, -0.2) is 48.2 Å². The average Bonchev–Trinajstić information content (AvgIpc) is 3.06. The maximum absolute atomic E-state index is 13.4. The summed E-state index contributed by atoms with van der Waals surface area (Å²) in [7, 11) is 5.15. The number of aromatic nitrogens is 2. The minimum Gasteiger partial charge on any atom is -0.483 e. The summed E-state index contributed by atoms with van der Waals surface area (Å²) in [6, 6.07) is 8.27. The number of imidazole rings is 1. The van der Waals surface area contributed by atoms with Gasteiger partial charge in [-0.2, -0.15) is 0 Å². The van der Waals surface area contributed by atoms with Gasteiger partial charge in [-0.05, 0) is 43.5 Å². The number of hydrogen-bond donors (Lipinski definition) is 0. The van der Waals surface area contributed by atoms with Crippen molar-refractivity contribution in [1.29, 1.82) is 0 Å². The van der Waals surface area contributed by atoms with Gasteiger partial charge in [-0.3, -0.25) is 4.79 Å². The summed E-state index contributed by atoms with van der Waals surface area (Å²) in [5, 5.41) is 0. The topological polar surface area (TPSA) is 56.6 Å². The highest BCUT2D eigenvalue weighted by molar-refractivity contribution is 6.01. The molecular weight excluding hydrogens is 385 g/mol. The largest absolute Gasteiger partial charge is 0.483 e. The van der Waals surface area contributed by atoms with Crippen molar-refractivity contribution in [1.82, 2.24) is 14.5 Å². The lowest BCUT2D eigenvalue weighted by atomic mass is 9.93. The molecule has 0 bridgehead atoms. The molecule has 0 aliphatic carbocycles. The maximum Gasteiger partial charge on any atom is 0.253 e. The van der Waals surface area contributed by atoms with Crippen LogP contribution in [0, 0.1) is 12.7 Å². The van der Waals surface area contributed by atoms with Crippen molar-refractivity contribution in [2.75, 3.05) is 27.8 Å². The van der Waals surface area contributed by atoms with E-state index < -0.39 is 0 Å². The van der Waals surface area contributed by atoms with Crippen LogP contribution in [0.15, 0.2) is 30.3 Å². The number of nitrogens with zero attached hydrogens (tertiary/aromatic N) is 3. The SMILES string of the molecule is COCCn1c(C)nc2cc(C(=O)N(C)C)c3c(c21)OC(c1ccc(F)cc1)CC3. The number of halogens is 1. The van der Waals surface area contributed by atoms with E-state index >= 15 is 0 Å². The van der Waals surface area contributed by atoms with E-state index in [2.05, 4.69) is 4.57 Å². The van der Waals surface area contributed by atoms with Crippen LogP contribution in [-0.2, 0) is 17.7 Å². The molecule has 2 heterocycles. The second-order valence-electron chi connectivity index (χ2n) is 7.80. The Hall–Kier alpha value is -2.93. The van der Waals surface area contributed by atoms with Gasteiger partial charge in [-0.25, -0.2) is 9.37 Å². The molecule has 4 rings (SSSR count). The maximum atomic E-state index is 13.4. The third kappa shape index (κ3) is 3.54. The van der Waals surface area contributed by atoms with E-state index in [1.54, 1.807) is 38.2 Å². The van der Waals surface area contributed by atoms with Crippen LogP contribution < -0.4 is 4.74 Å². The highest BCUT2D eigenvalue weighted by Crippen LogP contribution is 2.42. The molecule has 0 saturated heterocycles. The third-order valence-electron chi connectivity index (χ3n) is 5.59. The van der Waals surface area contributed by atoms with Gasteiger partial charge < -0.3 is 18.9 Å². The first-order valence-electron chi connectivity index (χ1n) is 10.1. The minimum atomic E-state index is -0.274. The van der Waals surface area contributed by atoms with Gasteiger partial charge in [-0.1, -0.05) is 12.1 Å². The van der Waals surface area contributed by atoms with Crippen LogP contribution in [0.4, 0.5) is 4.39 Å². The molecule has 0 fully saturated rings. The lowest BCUT2D eigenvalue weighted by Crippen LogP contribution is -2.25. The number of hydrogen-bond acceptors (Lipinski definition) is 4. The van der Waals surface area contributed by atoms with Crippen molar-refractivity contribution < 1.29 is 18.7 Å². The normalized spacial score (nSPS) is 15.7. The lowest BCUT2D eigenvalue weighted by Gasteiger charge is -2.29. The standard InChI is InChI=1S/C23H26FN3O3/c1-14-25-19-13-18(23(28)26(2)3)17-9-10-20(15-5-7-16(24)8-6-15)30-22(17)21(19)27(14)11-12-29-4/h5-8,13,20H,9-12H2,1-4H3. The fourth-order valence-electron chi connectivity index (χ4n) is 4.07. The molecule has 0 radical (unpaired) electrons. The number of amides is 1. The van der Waals surface area contributed by atoms with Crippen LogP contribution in [0.2, 0.25) is 0 Å². The average molecular weight is 411 g/mol. The van der Waals surface area contributed by atoms with Crippen molar-refractivity contribution in [2.24, 2.45) is 0 Å². The zero-order chi connectivity index (χ0) is 21.4. The van der Waals surface area contributed by atoms with Crippen LogP contribution in [0.1, 0.15) is 39.8 Å². The molecule has 1 atom stereocenters. The molecule has 1 aliphatic rings. The van der Waals surface area contributed by atoms with Gasteiger partial charge in [0, 0.05) is 38.9 Å². The summed E-state index contributed by atoms with van der Waals surface area (Å²) < 4.78 is 27.2. The highest BCUT2D eigenvalue weighted by atomic mass is 19.1. The van der Waals surface area contributed by atoms with Gasteiger partial charge in [0.05, 0.1) is 12.1 Å². The molecule has 3 aromatic rings. The molecule has 7 heteroatoms. The molecule has 158 valence electrons. The molecule has 0 spiro atoms. The van der Waals surface area contributed by atoms with E-state index in [4.69, 9.17) is 14.5 Å². The van der Waals surface area contributed by atoms with E-state index in [0.717, 1.165) is 28.0 Å². The Kier molecular flexibility index (Phi) is 5.47. The first-order valence-corrected chi connectivity index (χ1v) is 10.1. The van der Waals surface area contributed by atoms with Crippen molar-refractivity contribution >= 4 is 16.9 Å². The van der Waals surface area contributed by atoms with E-state index in [-0.39, 0.29) is 17.8 Å². The third-order valence-corrected chi connectivity index (χ3v) is 5.59. The van der Waals surface area contributed by atoms with Gasteiger partial charge in [-0.15, -0.1) is 0 Å². The van der Waals surface area contributed by atoms with Crippen LogP contribution >= 0.6 is 0 Å².